The molecule has 0 saturated carbocycles. The molecule has 0 atom stereocenters. The highest BCUT2D eigenvalue weighted by atomic mass is 79.9. The number of hydrogen-bond acceptors (Lipinski definition) is 3. The standard InChI is InChI=1S/C13H15BrN2S/c1-8-5-11(17-9(8)2)7-16-13-6-10(14)3-4-12(13)15/h3-6,16H,7,15H2,1-2H3. The van der Waals surface area contributed by atoms with Crippen LogP contribution in [0.2, 0.25) is 0 Å². The number of benzene rings is 1. The normalized spacial score (nSPS) is 10.5. The van der Waals surface area contributed by atoms with Crippen molar-refractivity contribution in [1.29, 1.82) is 0 Å². The van der Waals surface area contributed by atoms with E-state index in [1.54, 1.807) is 0 Å². The maximum Gasteiger partial charge on any atom is 0.0588 e. The van der Waals surface area contributed by atoms with Gasteiger partial charge in [0, 0.05) is 20.8 Å². The summed E-state index contributed by atoms with van der Waals surface area (Å²) in [5, 5.41) is 3.37. The molecule has 4 heteroatoms. The molecular weight excluding hydrogens is 296 g/mol. The van der Waals surface area contributed by atoms with E-state index in [9.17, 15) is 0 Å². The van der Waals surface area contributed by atoms with Crippen molar-refractivity contribution in [2.75, 3.05) is 11.1 Å². The molecule has 1 aromatic heterocycles. The number of nitrogens with one attached hydrogen (secondary N) is 1. The number of thiophene rings is 1. The number of anilines is 2. The average Bonchev–Trinajstić information content (AvgIpc) is 2.60. The van der Waals surface area contributed by atoms with Crippen LogP contribution in [0.25, 0.3) is 0 Å². The van der Waals surface area contributed by atoms with Gasteiger partial charge in [-0.25, -0.2) is 0 Å². The van der Waals surface area contributed by atoms with Crippen molar-refractivity contribution in [3.05, 3.63) is 44.1 Å². The van der Waals surface area contributed by atoms with E-state index in [4.69, 9.17) is 5.73 Å². The molecule has 17 heavy (non-hydrogen) atoms. The summed E-state index contributed by atoms with van der Waals surface area (Å²) in [4.78, 5) is 2.71. The number of nitrogen functional groups attached to an aromatic ring is 1. The van der Waals surface area contributed by atoms with Crippen molar-refractivity contribution in [3.8, 4) is 0 Å². The second-order valence-corrected chi connectivity index (χ2v) is 6.29. The molecule has 2 rings (SSSR count). The van der Waals surface area contributed by atoms with E-state index in [2.05, 4.69) is 41.2 Å². The van der Waals surface area contributed by atoms with E-state index in [1.165, 1.54) is 15.3 Å². The highest BCUT2D eigenvalue weighted by molar-refractivity contribution is 9.10. The fraction of sp³-hybridized carbons (Fsp3) is 0.231. The van der Waals surface area contributed by atoms with Gasteiger partial charge in [-0.05, 0) is 43.7 Å². The van der Waals surface area contributed by atoms with Gasteiger partial charge in [-0.3, -0.25) is 0 Å². The Labute approximate surface area is 114 Å². The van der Waals surface area contributed by atoms with E-state index < -0.39 is 0 Å². The lowest BCUT2D eigenvalue weighted by molar-refractivity contribution is 1.19. The van der Waals surface area contributed by atoms with E-state index >= 15 is 0 Å². The molecular formula is C13H15BrN2S. The zero-order valence-corrected chi connectivity index (χ0v) is 12.3. The molecule has 0 unspecified atom stereocenters. The molecule has 0 radical (unpaired) electrons. The lowest BCUT2D eigenvalue weighted by atomic mass is 10.2. The van der Waals surface area contributed by atoms with Gasteiger partial charge < -0.3 is 11.1 Å². The minimum absolute atomic E-state index is 0.776. The predicted octanol–water partition coefficient (Wildman–Crippen LogP) is 4.32. The van der Waals surface area contributed by atoms with Gasteiger partial charge >= 0.3 is 0 Å². The van der Waals surface area contributed by atoms with E-state index in [0.717, 1.165) is 22.4 Å². The number of halogens is 1. The van der Waals surface area contributed by atoms with Crippen molar-refractivity contribution in [2.24, 2.45) is 0 Å². The van der Waals surface area contributed by atoms with Gasteiger partial charge in [-0.15, -0.1) is 11.3 Å². The first kappa shape index (κ1) is 12.5. The lowest BCUT2D eigenvalue weighted by Crippen LogP contribution is -2.01. The summed E-state index contributed by atoms with van der Waals surface area (Å²) in [5.41, 5.74) is 9.02. The Kier molecular flexibility index (Phi) is 3.74. The van der Waals surface area contributed by atoms with Gasteiger partial charge in [0.25, 0.3) is 0 Å². The predicted molar refractivity (Wildman–Crippen MR) is 79.7 cm³/mol. The van der Waals surface area contributed by atoms with Crippen LogP contribution in [-0.2, 0) is 6.54 Å². The molecule has 0 aliphatic rings. The van der Waals surface area contributed by atoms with E-state index in [-0.39, 0.29) is 0 Å². The molecule has 1 aromatic carbocycles. The van der Waals surface area contributed by atoms with E-state index in [1.807, 2.05) is 29.5 Å². The molecule has 1 heterocycles. The molecule has 2 aromatic rings. The summed E-state index contributed by atoms with van der Waals surface area (Å²) in [6.07, 6.45) is 0. The van der Waals surface area contributed by atoms with Crippen molar-refractivity contribution < 1.29 is 0 Å². The largest absolute Gasteiger partial charge is 0.397 e. The maximum atomic E-state index is 5.91. The van der Waals surface area contributed by atoms with Crippen molar-refractivity contribution in [2.45, 2.75) is 20.4 Å². The van der Waals surface area contributed by atoms with Gasteiger partial charge in [0.05, 0.1) is 11.4 Å². The SMILES string of the molecule is Cc1cc(CNc2cc(Br)ccc2N)sc1C. The highest BCUT2D eigenvalue weighted by Crippen LogP contribution is 2.26. The quantitative estimate of drug-likeness (QED) is 0.828. The Morgan fingerprint density at radius 3 is 2.71 bits per heavy atom. The summed E-state index contributed by atoms with van der Waals surface area (Å²) in [5.74, 6) is 0. The molecule has 0 aliphatic heterocycles. The van der Waals surface area contributed by atoms with Gasteiger partial charge in [-0.1, -0.05) is 15.9 Å². The summed E-state index contributed by atoms with van der Waals surface area (Å²) < 4.78 is 1.03. The van der Waals surface area contributed by atoms with Crippen LogP contribution in [0, 0.1) is 13.8 Å². The number of hydrogen-bond donors (Lipinski definition) is 2. The molecule has 90 valence electrons. The third kappa shape index (κ3) is 3.01. The second-order valence-electron chi connectivity index (χ2n) is 4.04. The molecule has 0 aliphatic carbocycles. The first-order valence-corrected chi connectivity index (χ1v) is 7.02. The highest BCUT2D eigenvalue weighted by Gasteiger charge is 2.03. The van der Waals surface area contributed by atoms with E-state index in [0.29, 0.717) is 0 Å². The van der Waals surface area contributed by atoms with Crippen LogP contribution < -0.4 is 11.1 Å². The minimum Gasteiger partial charge on any atom is -0.397 e. The van der Waals surface area contributed by atoms with Crippen molar-refractivity contribution >= 4 is 38.6 Å². The van der Waals surface area contributed by atoms with Gasteiger partial charge in [-0.2, -0.15) is 0 Å². The van der Waals surface area contributed by atoms with Crippen LogP contribution in [0.5, 0.6) is 0 Å². The topological polar surface area (TPSA) is 38.0 Å². The number of rotatable bonds is 3. The monoisotopic (exact) mass is 310 g/mol. The van der Waals surface area contributed by atoms with Crippen LogP contribution in [0.3, 0.4) is 0 Å². The Morgan fingerprint density at radius 1 is 1.29 bits per heavy atom. The Morgan fingerprint density at radius 2 is 2.06 bits per heavy atom. The van der Waals surface area contributed by atoms with Crippen LogP contribution in [0.15, 0.2) is 28.7 Å². The van der Waals surface area contributed by atoms with Crippen LogP contribution in [0.4, 0.5) is 11.4 Å². The fourth-order valence-corrected chi connectivity index (χ4v) is 2.96. The minimum atomic E-state index is 0.776. The first-order valence-electron chi connectivity index (χ1n) is 5.41. The number of nitrogens with two attached hydrogens (primary N) is 1. The van der Waals surface area contributed by atoms with Gasteiger partial charge in [0.15, 0.2) is 0 Å². The second kappa shape index (κ2) is 5.10. The fourth-order valence-electron chi connectivity index (χ4n) is 1.60. The smallest absolute Gasteiger partial charge is 0.0588 e. The Hall–Kier alpha value is -1.00. The van der Waals surface area contributed by atoms with Crippen molar-refractivity contribution in [1.82, 2.24) is 0 Å². The van der Waals surface area contributed by atoms with Crippen molar-refractivity contribution in [3.63, 3.8) is 0 Å². The summed E-state index contributed by atoms with van der Waals surface area (Å²) in [6.45, 7) is 5.11. The van der Waals surface area contributed by atoms with Crippen LogP contribution in [-0.4, -0.2) is 0 Å². The van der Waals surface area contributed by atoms with Gasteiger partial charge in [0.1, 0.15) is 0 Å². The third-order valence-corrected chi connectivity index (χ3v) is 4.33. The van der Waals surface area contributed by atoms with Crippen LogP contribution >= 0.6 is 27.3 Å². The summed E-state index contributed by atoms with van der Waals surface area (Å²) in [6, 6.07) is 8.07. The number of aryl methyl sites for hydroxylation is 2. The summed E-state index contributed by atoms with van der Waals surface area (Å²) >= 11 is 5.27. The molecule has 0 fully saturated rings. The Balaban J connectivity index is 2.09. The molecule has 2 nitrogen and oxygen atoms in total. The molecule has 0 spiro atoms. The molecule has 3 N–H and O–H groups in total. The Bertz CT molecular complexity index is 515. The third-order valence-electron chi connectivity index (χ3n) is 2.69. The van der Waals surface area contributed by atoms with Gasteiger partial charge in [0.2, 0.25) is 0 Å². The molecule has 0 amide bonds. The zero-order valence-electron chi connectivity index (χ0n) is 9.88. The zero-order chi connectivity index (χ0) is 12.4. The average molecular weight is 311 g/mol. The lowest BCUT2D eigenvalue weighted by Gasteiger charge is -2.08. The molecule has 0 bridgehead atoms. The van der Waals surface area contributed by atoms with Crippen LogP contribution in [0.1, 0.15) is 15.3 Å². The summed E-state index contributed by atoms with van der Waals surface area (Å²) in [7, 11) is 0. The molecule has 0 saturated heterocycles. The maximum absolute atomic E-state index is 5.91. The first-order chi connectivity index (χ1) is 8.06.